The zero-order chi connectivity index (χ0) is 66.8. The molecule has 0 N–H and O–H groups in total. The molecule has 0 aromatic carbocycles. The number of carboxylic acid groups (broad SMARTS) is 1. The van der Waals surface area contributed by atoms with Gasteiger partial charge in [-0.05, 0) is 51.4 Å². The van der Waals surface area contributed by atoms with E-state index in [-0.39, 0.29) is 32.2 Å². The van der Waals surface area contributed by atoms with E-state index in [1.807, 2.05) is 21.1 Å². The average molecular weight is 1300 g/mol. The highest BCUT2D eigenvalue weighted by Gasteiger charge is 2.22. The lowest BCUT2D eigenvalue weighted by Crippen LogP contribution is -2.44. The van der Waals surface area contributed by atoms with Gasteiger partial charge in [0, 0.05) is 12.8 Å². The lowest BCUT2D eigenvalue weighted by atomic mass is 10.0. The molecule has 2 unspecified atom stereocenters. The molecule has 92 heavy (non-hydrogen) atoms. The molecule has 0 aromatic rings. The van der Waals surface area contributed by atoms with Gasteiger partial charge < -0.3 is 33.3 Å². The van der Waals surface area contributed by atoms with Crippen LogP contribution in [0.3, 0.4) is 0 Å². The van der Waals surface area contributed by atoms with Crippen LogP contribution in [0, 0.1) is 0 Å². The molecule has 2 atom stereocenters. The molecule has 9 heteroatoms. The minimum atomic E-state index is -1.62. The Kier molecular flexibility index (Phi) is 71.8. The van der Waals surface area contributed by atoms with Crippen molar-refractivity contribution in [1.82, 2.24) is 0 Å². The number of nitrogens with zero attached hydrogens (tertiary/aromatic N) is 1. The number of unbranched alkanes of at least 4 members (excludes halogenated alkanes) is 53. The third-order valence-corrected chi connectivity index (χ3v) is 18.3. The van der Waals surface area contributed by atoms with Gasteiger partial charge in [-0.2, -0.15) is 0 Å². The van der Waals surface area contributed by atoms with Crippen LogP contribution in [-0.4, -0.2) is 82.3 Å². The molecule has 0 aliphatic carbocycles. The highest BCUT2D eigenvalue weighted by molar-refractivity contribution is 5.70. The molecular weight excluding hydrogens is 1140 g/mol. The maximum absolute atomic E-state index is 13.0. The molecule has 0 heterocycles. The van der Waals surface area contributed by atoms with E-state index in [9.17, 15) is 19.5 Å². The van der Waals surface area contributed by atoms with Crippen LogP contribution in [0.4, 0.5) is 0 Å². The number of carboxylic acids is 1. The quantitative estimate of drug-likeness (QED) is 0.0195. The SMILES string of the molecule is CC/C=C\C/C=C\C/C=C\C/C=C\CCCCCCCCCCCCCCCCCCCCCCCCCCCCCCC(=O)OC(COC(=O)CCCCCCCCCCCCCCCCCCCCCCCCCCCC)COC(OCC[N+](C)(C)C)C(=O)[O-]. The summed E-state index contributed by atoms with van der Waals surface area (Å²) in [7, 11) is 5.95. The van der Waals surface area contributed by atoms with Crippen molar-refractivity contribution in [3.05, 3.63) is 48.6 Å². The number of likely N-dealkylation sites (N-methyl/N-ethyl adjacent to an activating group) is 1. The van der Waals surface area contributed by atoms with Crippen LogP contribution in [0.5, 0.6) is 0 Å². The highest BCUT2D eigenvalue weighted by Crippen LogP contribution is 2.20. The minimum Gasteiger partial charge on any atom is -0.545 e. The molecule has 0 radical (unpaired) electrons. The van der Waals surface area contributed by atoms with Crippen LogP contribution in [-0.2, 0) is 33.3 Å². The third kappa shape index (κ3) is 74.6. The summed E-state index contributed by atoms with van der Waals surface area (Å²) in [5.41, 5.74) is 0. The maximum Gasteiger partial charge on any atom is 0.306 e. The first-order chi connectivity index (χ1) is 45.1. The van der Waals surface area contributed by atoms with Crippen LogP contribution in [0.1, 0.15) is 406 Å². The van der Waals surface area contributed by atoms with Crippen molar-refractivity contribution in [2.24, 2.45) is 0 Å². The molecule has 0 spiro atoms. The summed E-state index contributed by atoms with van der Waals surface area (Å²) in [6.45, 7) is 4.72. The smallest absolute Gasteiger partial charge is 0.306 e. The summed E-state index contributed by atoms with van der Waals surface area (Å²) in [6, 6.07) is 0. The molecule has 0 saturated heterocycles. The zero-order valence-corrected chi connectivity index (χ0v) is 61.9. The van der Waals surface area contributed by atoms with Crippen LogP contribution in [0.15, 0.2) is 48.6 Å². The normalized spacial score (nSPS) is 12.8. The Labute approximate surface area is 572 Å². The molecule has 540 valence electrons. The fraction of sp³-hybridized carbons (Fsp3) is 0.867. The Morgan fingerprint density at radius 3 is 0.924 bits per heavy atom. The largest absolute Gasteiger partial charge is 0.545 e. The van der Waals surface area contributed by atoms with E-state index in [1.54, 1.807) is 0 Å². The second-order valence-corrected chi connectivity index (χ2v) is 28.7. The number of hydrogen-bond donors (Lipinski definition) is 0. The van der Waals surface area contributed by atoms with E-state index >= 15 is 0 Å². The average Bonchev–Trinajstić information content (AvgIpc) is 3.70. The lowest BCUT2D eigenvalue weighted by molar-refractivity contribution is -0.870. The molecule has 9 nitrogen and oxygen atoms in total. The molecular formula is C83H155NO8. The number of aliphatic carboxylic acids is 1. The topological polar surface area (TPSA) is 111 Å². The molecule has 0 aliphatic rings. The Bertz CT molecular complexity index is 1650. The van der Waals surface area contributed by atoms with E-state index in [1.165, 1.54) is 315 Å². The molecule has 0 bridgehead atoms. The van der Waals surface area contributed by atoms with Crippen molar-refractivity contribution >= 4 is 17.9 Å². The first kappa shape index (κ1) is 89.2. The van der Waals surface area contributed by atoms with E-state index in [0.29, 0.717) is 17.4 Å². The van der Waals surface area contributed by atoms with Crippen molar-refractivity contribution in [1.29, 1.82) is 0 Å². The van der Waals surface area contributed by atoms with Crippen molar-refractivity contribution in [3.63, 3.8) is 0 Å². The second kappa shape index (κ2) is 74.0. The van der Waals surface area contributed by atoms with Crippen molar-refractivity contribution in [2.45, 2.75) is 418 Å². The van der Waals surface area contributed by atoms with Gasteiger partial charge in [-0.1, -0.05) is 390 Å². The zero-order valence-electron chi connectivity index (χ0n) is 61.9. The summed E-state index contributed by atoms with van der Waals surface area (Å²) in [4.78, 5) is 37.6. The predicted molar refractivity (Wildman–Crippen MR) is 394 cm³/mol. The van der Waals surface area contributed by atoms with Crippen molar-refractivity contribution < 1.29 is 42.9 Å². The third-order valence-electron chi connectivity index (χ3n) is 18.3. The van der Waals surface area contributed by atoms with E-state index < -0.39 is 24.3 Å². The van der Waals surface area contributed by atoms with Crippen LogP contribution in [0.2, 0.25) is 0 Å². The standard InChI is InChI=1S/C83H155NO8/c1-6-8-10-12-14-16-18-20-22-24-26-28-30-32-34-35-36-37-38-39-40-41-42-43-44-45-46-47-48-50-52-54-56-58-60-62-64-66-68-70-72-74-81(86)92-79(78-91-83(82(87)88)89-76-75-84(3,4)5)77-90-80(85)73-71-69-67-65-63-61-59-57-55-53-51-49-33-31-29-27-25-23-21-19-17-15-13-11-9-7-2/h8,10,14,16,20,22,26,28,79,83H,6-7,9,11-13,15,17-19,21,23-25,27,29-78H2,1-5H3/b10-8-,16-14-,22-20-,28-26-. The van der Waals surface area contributed by atoms with Gasteiger partial charge in [0.05, 0.1) is 40.3 Å². The number of hydrogen-bond acceptors (Lipinski definition) is 8. The predicted octanol–water partition coefficient (Wildman–Crippen LogP) is 24.3. The van der Waals surface area contributed by atoms with E-state index in [4.69, 9.17) is 18.9 Å². The van der Waals surface area contributed by atoms with Crippen LogP contribution >= 0.6 is 0 Å². The fourth-order valence-electron chi connectivity index (χ4n) is 12.2. The number of allylic oxidation sites excluding steroid dienone is 8. The summed E-state index contributed by atoms with van der Waals surface area (Å²) in [6.07, 6.45) is 93.9. The second-order valence-electron chi connectivity index (χ2n) is 28.7. The maximum atomic E-state index is 13.0. The molecule has 0 saturated carbocycles. The van der Waals surface area contributed by atoms with Gasteiger partial charge in [-0.3, -0.25) is 9.59 Å². The monoisotopic (exact) mass is 1290 g/mol. The van der Waals surface area contributed by atoms with Crippen LogP contribution in [0.25, 0.3) is 0 Å². The lowest BCUT2D eigenvalue weighted by Gasteiger charge is -2.26. The molecule has 0 aliphatic heterocycles. The number of esters is 2. The summed E-state index contributed by atoms with van der Waals surface area (Å²) in [5, 5.41) is 11.9. The number of carbonyl (C=O) groups is 3. The molecule has 0 rings (SSSR count). The van der Waals surface area contributed by atoms with Gasteiger partial charge in [0.1, 0.15) is 13.2 Å². The first-order valence-electron chi connectivity index (χ1n) is 40.3. The van der Waals surface area contributed by atoms with Gasteiger partial charge >= 0.3 is 11.9 Å². The Morgan fingerprint density at radius 2 is 0.620 bits per heavy atom. The summed E-state index contributed by atoms with van der Waals surface area (Å²) < 4.78 is 22.9. The van der Waals surface area contributed by atoms with Gasteiger partial charge in [-0.25, -0.2) is 0 Å². The van der Waals surface area contributed by atoms with Crippen molar-refractivity contribution in [3.8, 4) is 0 Å². The number of quaternary nitrogens is 1. The summed E-state index contributed by atoms with van der Waals surface area (Å²) in [5.74, 6) is -2.25. The fourth-order valence-corrected chi connectivity index (χ4v) is 12.2. The molecule has 0 aromatic heterocycles. The van der Waals surface area contributed by atoms with Crippen molar-refractivity contribution in [2.75, 3.05) is 47.5 Å². The minimum absolute atomic E-state index is 0.152. The number of carbonyl (C=O) groups excluding carboxylic acids is 3. The van der Waals surface area contributed by atoms with Gasteiger partial charge in [0.15, 0.2) is 12.4 Å². The summed E-state index contributed by atoms with van der Waals surface area (Å²) >= 11 is 0. The van der Waals surface area contributed by atoms with Crippen LogP contribution < -0.4 is 5.11 Å². The number of rotatable bonds is 76. The first-order valence-corrected chi connectivity index (χ1v) is 40.3. The van der Waals surface area contributed by atoms with E-state index in [2.05, 4.69) is 62.5 Å². The number of ether oxygens (including phenoxy) is 4. The van der Waals surface area contributed by atoms with Gasteiger partial charge in [-0.15, -0.1) is 0 Å². The van der Waals surface area contributed by atoms with Gasteiger partial charge in [0.2, 0.25) is 0 Å². The Morgan fingerprint density at radius 1 is 0.337 bits per heavy atom. The Hall–Kier alpha value is -2.75. The Balaban J connectivity index is 3.92. The molecule has 0 amide bonds. The van der Waals surface area contributed by atoms with Gasteiger partial charge in [0.25, 0.3) is 0 Å². The van der Waals surface area contributed by atoms with E-state index in [0.717, 1.165) is 64.2 Å². The molecule has 0 fully saturated rings. The highest BCUT2D eigenvalue weighted by atomic mass is 16.7.